The van der Waals surface area contributed by atoms with Gasteiger partial charge in [0, 0.05) is 5.39 Å². The van der Waals surface area contributed by atoms with Gasteiger partial charge in [0.05, 0.1) is 12.3 Å². The first-order chi connectivity index (χ1) is 14.1. The number of hydrogen-bond acceptors (Lipinski definition) is 4. The summed E-state index contributed by atoms with van der Waals surface area (Å²) in [5.41, 5.74) is 4.05. The number of carbonyl (C=O) groups is 1. The summed E-state index contributed by atoms with van der Waals surface area (Å²) in [5, 5.41) is 7.10. The highest BCUT2D eigenvalue weighted by molar-refractivity contribution is 6.08. The van der Waals surface area contributed by atoms with Gasteiger partial charge in [-0.1, -0.05) is 37.3 Å². The van der Waals surface area contributed by atoms with Gasteiger partial charge >= 0.3 is 5.91 Å². The van der Waals surface area contributed by atoms with Crippen LogP contribution in [0.3, 0.4) is 0 Å². The van der Waals surface area contributed by atoms with E-state index >= 15 is 0 Å². The second-order valence-electron chi connectivity index (χ2n) is 6.91. The van der Waals surface area contributed by atoms with Crippen molar-refractivity contribution in [3.8, 4) is 5.75 Å². The van der Waals surface area contributed by atoms with Crippen molar-refractivity contribution in [3.63, 3.8) is 0 Å². The second kappa shape index (κ2) is 8.19. The number of hydrogen-bond donors (Lipinski definition) is 1. The zero-order valence-electron chi connectivity index (χ0n) is 16.4. The Hall–Kier alpha value is -3.60. The monoisotopic (exact) mass is 386 g/mol. The van der Waals surface area contributed by atoms with Gasteiger partial charge in [0.1, 0.15) is 11.3 Å². The molecule has 0 unspecified atom stereocenters. The van der Waals surface area contributed by atoms with E-state index in [0.29, 0.717) is 5.58 Å². The van der Waals surface area contributed by atoms with Crippen LogP contribution in [0.4, 0.5) is 0 Å². The van der Waals surface area contributed by atoms with E-state index in [1.807, 2.05) is 67.6 Å². The number of carbonyl (C=O) groups excluding carboxylic acids is 1. The van der Waals surface area contributed by atoms with Crippen molar-refractivity contribution in [1.29, 1.82) is 0 Å². The van der Waals surface area contributed by atoms with Crippen LogP contribution in [0.1, 0.15) is 36.4 Å². The molecule has 1 aromatic heterocycles. The molecule has 4 rings (SSSR count). The summed E-state index contributed by atoms with van der Waals surface area (Å²) in [6.45, 7) is 4.12. The number of amides is 1. The largest absolute Gasteiger partial charge is 0.491 e. The Bertz CT molecular complexity index is 1180. The molecule has 0 saturated carbocycles. The van der Waals surface area contributed by atoms with E-state index in [9.17, 15) is 4.79 Å². The molecule has 0 radical (unpaired) electrons. The summed E-state index contributed by atoms with van der Waals surface area (Å²) in [4.78, 5) is 12.4. The fourth-order valence-electron chi connectivity index (χ4n) is 3.07. The quantitative estimate of drug-likeness (QED) is 0.350. The molecule has 0 bridgehead atoms. The van der Waals surface area contributed by atoms with Crippen molar-refractivity contribution in [2.45, 2.75) is 26.4 Å². The fourth-order valence-corrected chi connectivity index (χ4v) is 3.07. The molecule has 0 aliphatic rings. The molecule has 1 amide bonds. The summed E-state index contributed by atoms with van der Waals surface area (Å²) < 4.78 is 11.5. The third-order valence-electron chi connectivity index (χ3n) is 4.82. The Labute approximate surface area is 169 Å². The maximum Gasteiger partial charge on any atom is 0.307 e. The maximum absolute atomic E-state index is 12.4. The molecule has 4 aromatic rings. The number of furan rings is 1. The summed E-state index contributed by atoms with van der Waals surface area (Å²) in [6.07, 6.45) is 2.71. The molecule has 5 nitrogen and oxygen atoms in total. The lowest BCUT2D eigenvalue weighted by Crippen LogP contribution is -2.16. The Morgan fingerprint density at radius 1 is 1.10 bits per heavy atom. The van der Waals surface area contributed by atoms with Crippen molar-refractivity contribution >= 4 is 33.9 Å². The summed E-state index contributed by atoms with van der Waals surface area (Å²) in [7, 11) is 0. The Kier molecular flexibility index (Phi) is 5.29. The Balaban J connectivity index is 1.45. The van der Waals surface area contributed by atoms with Crippen LogP contribution in [-0.2, 0) is 0 Å². The van der Waals surface area contributed by atoms with E-state index in [4.69, 9.17) is 9.15 Å². The smallest absolute Gasteiger partial charge is 0.307 e. The van der Waals surface area contributed by atoms with E-state index in [1.165, 1.54) is 0 Å². The summed E-state index contributed by atoms with van der Waals surface area (Å²) >= 11 is 0. The zero-order valence-corrected chi connectivity index (χ0v) is 16.4. The molecule has 0 aliphatic carbocycles. The van der Waals surface area contributed by atoms with Gasteiger partial charge in [0.15, 0.2) is 5.76 Å². The number of fused-ring (bicyclic) bond motifs is 3. The van der Waals surface area contributed by atoms with Crippen molar-refractivity contribution < 1.29 is 13.9 Å². The minimum absolute atomic E-state index is 0.176. The molecule has 0 aliphatic heterocycles. The molecule has 0 fully saturated rings. The number of nitrogens with zero attached hydrogens (tertiary/aromatic N) is 1. The van der Waals surface area contributed by atoms with E-state index < -0.39 is 5.91 Å². The molecule has 0 saturated heterocycles. The number of hydrazone groups is 1. The lowest BCUT2D eigenvalue weighted by molar-refractivity contribution is 0.0929. The molecule has 1 atom stereocenters. The predicted octanol–water partition coefficient (Wildman–Crippen LogP) is 5.53. The second-order valence-corrected chi connectivity index (χ2v) is 6.91. The van der Waals surface area contributed by atoms with Crippen LogP contribution in [0.15, 0.2) is 76.2 Å². The van der Waals surface area contributed by atoms with Gasteiger partial charge in [-0.15, -0.1) is 0 Å². The molecule has 1 heterocycles. The lowest BCUT2D eigenvalue weighted by atomic mass is 10.1. The molecular formula is C24H22N2O3. The van der Waals surface area contributed by atoms with E-state index in [0.717, 1.165) is 33.9 Å². The molecular weight excluding hydrogens is 364 g/mol. The van der Waals surface area contributed by atoms with Gasteiger partial charge in [0.25, 0.3) is 0 Å². The number of rotatable bonds is 6. The fraction of sp³-hybridized carbons (Fsp3) is 0.167. The lowest BCUT2D eigenvalue weighted by Gasteiger charge is -2.12. The van der Waals surface area contributed by atoms with E-state index in [2.05, 4.69) is 17.5 Å². The molecule has 146 valence electrons. The van der Waals surface area contributed by atoms with Crippen LogP contribution in [0.25, 0.3) is 21.7 Å². The first kappa shape index (κ1) is 18.7. The van der Waals surface area contributed by atoms with Gasteiger partial charge in [-0.3, -0.25) is 4.79 Å². The highest BCUT2D eigenvalue weighted by Crippen LogP contribution is 2.28. The highest BCUT2D eigenvalue weighted by atomic mass is 16.5. The Morgan fingerprint density at radius 2 is 1.90 bits per heavy atom. The highest BCUT2D eigenvalue weighted by Gasteiger charge is 2.13. The number of nitrogens with one attached hydrogen (secondary N) is 1. The number of benzene rings is 3. The van der Waals surface area contributed by atoms with Gasteiger partial charge in [-0.2, -0.15) is 5.10 Å². The SMILES string of the molecule is CC[C@@H](C)Oc1ccc(/C=N\NC(=O)c2cc3c(ccc4ccccc43)o2)cc1. The van der Waals surface area contributed by atoms with Crippen LogP contribution < -0.4 is 10.2 Å². The van der Waals surface area contributed by atoms with Crippen molar-refractivity contribution in [3.05, 3.63) is 78.1 Å². The normalized spacial score (nSPS) is 12.5. The van der Waals surface area contributed by atoms with Crippen molar-refractivity contribution in [1.82, 2.24) is 5.43 Å². The van der Waals surface area contributed by atoms with Crippen molar-refractivity contribution in [2.24, 2.45) is 5.10 Å². The average molecular weight is 386 g/mol. The minimum Gasteiger partial charge on any atom is -0.491 e. The third kappa shape index (κ3) is 4.14. The van der Waals surface area contributed by atoms with Gasteiger partial charge in [0.2, 0.25) is 0 Å². The van der Waals surface area contributed by atoms with Crippen LogP contribution in [0.5, 0.6) is 5.75 Å². The van der Waals surface area contributed by atoms with Crippen molar-refractivity contribution in [2.75, 3.05) is 0 Å². The van der Waals surface area contributed by atoms with Crippen LogP contribution in [-0.4, -0.2) is 18.2 Å². The maximum atomic E-state index is 12.4. The molecule has 29 heavy (non-hydrogen) atoms. The first-order valence-electron chi connectivity index (χ1n) is 9.65. The predicted molar refractivity (Wildman–Crippen MR) is 116 cm³/mol. The van der Waals surface area contributed by atoms with Crippen LogP contribution >= 0.6 is 0 Å². The summed E-state index contributed by atoms with van der Waals surface area (Å²) in [5.74, 6) is 0.652. The zero-order chi connectivity index (χ0) is 20.2. The standard InChI is InChI=1S/C24H22N2O3/c1-3-16(2)28-19-11-8-17(9-12-19)15-25-26-24(27)23-14-21-20-7-5-4-6-18(20)10-13-22(21)29-23/h4-16H,3H2,1-2H3,(H,26,27)/b25-15-/t16-/m1/s1. The summed E-state index contributed by atoms with van der Waals surface area (Å²) in [6, 6.07) is 21.2. The van der Waals surface area contributed by atoms with Crippen LogP contribution in [0.2, 0.25) is 0 Å². The molecule has 5 heteroatoms. The first-order valence-corrected chi connectivity index (χ1v) is 9.65. The molecule has 0 spiro atoms. The topological polar surface area (TPSA) is 63.8 Å². The number of ether oxygens (including phenoxy) is 1. The molecule has 1 N–H and O–H groups in total. The third-order valence-corrected chi connectivity index (χ3v) is 4.82. The van der Waals surface area contributed by atoms with Crippen LogP contribution in [0, 0.1) is 0 Å². The minimum atomic E-state index is -0.391. The van der Waals surface area contributed by atoms with Gasteiger partial charge in [-0.05, 0) is 66.1 Å². The molecule has 3 aromatic carbocycles. The van der Waals surface area contributed by atoms with E-state index in [1.54, 1.807) is 12.3 Å². The Morgan fingerprint density at radius 3 is 2.69 bits per heavy atom. The van der Waals surface area contributed by atoms with E-state index in [-0.39, 0.29) is 11.9 Å². The average Bonchev–Trinajstić information content (AvgIpc) is 3.20. The van der Waals surface area contributed by atoms with Gasteiger partial charge < -0.3 is 9.15 Å². The van der Waals surface area contributed by atoms with Gasteiger partial charge in [-0.25, -0.2) is 5.43 Å².